The van der Waals surface area contributed by atoms with Gasteiger partial charge in [-0.2, -0.15) is 0 Å². The molecule has 0 aromatic rings. The summed E-state index contributed by atoms with van der Waals surface area (Å²) in [5.41, 5.74) is 0. The maximum atomic E-state index is 12.9. The molecule has 6 nitrogen and oxygen atoms in total. The van der Waals surface area contributed by atoms with Crippen molar-refractivity contribution in [2.24, 2.45) is 0 Å². The summed E-state index contributed by atoms with van der Waals surface area (Å²) in [6.45, 7) is 6.39. The molecule has 434 valence electrons. The van der Waals surface area contributed by atoms with Gasteiger partial charge in [0, 0.05) is 19.3 Å². The molecule has 0 aromatic carbocycles. The minimum atomic E-state index is -0.806. The van der Waals surface area contributed by atoms with Gasteiger partial charge in [0.25, 0.3) is 0 Å². The fourth-order valence-electron chi connectivity index (χ4n) is 8.82. The molecule has 76 heavy (non-hydrogen) atoms. The number of allylic oxidation sites excluding steroid dienone is 18. The molecule has 0 aromatic heterocycles. The molecule has 0 radical (unpaired) electrons. The lowest BCUT2D eigenvalue weighted by molar-refractivity contribution is -0.167. The Kier molecular flexibility index (Phi) is 60.3. The van der Waals surface area contributed by atoms with Gasteiger partial charge < -0.3 is 14.2 Å². The number of hydrogen-bond acceptors (Lipinski definition) is 6. The molecule has 0 rings (SSSR count). The van der Waals surface area contributed by atoms with Crippen LogP contribution < -0.4 is 0 Å². The second-order valence-corrected chi connectivity index (χ2v) is 20.9. The van der Waals surface area contributed by atoms with Crippen LogP contribution in [0.5, 0.6) is 0 Å². The third-order valence-electron chi connectivity index (χ3n) is 13.5. The molecule has 1 atom stereocenters. The van der Waals surface area contributed by atoms with Gasteiger partial charge in [-0.1, -0.05) is 291 Å². The second-order valence-electron chi connectivity index (χ2n) is 20.9. The number of carbonyl (C=O) groups is 3. The highest BCUT2D eigenvalue weighted by Gasteiger charge is 2.19. The molecular weight excluding hydrogens is 937 g/mol. The van der Waals surface area contributed by atoms with E-state index in [2.05, 4.69) is 130 Å². The van der Waals surface area contributed by atoms with E-state index in [1.165, 1.54) is 141 Å². The Labute approximate surface area is 470 Å². The standard InChI is InChI=1S/C70H118O6/c1-4-7-10-13-16-19-22-25-28-31-33-35-37-39-42-45-48-51-54-57-60-63-69(72)75-66-67(65-74-68(71)62-59-56-53-50-47-44-41-38-30-27-24-21-18-15-12-9-6-3)76-70(73)64-61-58-55-52-49-46-43-40-36-34-32-29-26-23-20-17-14-11-8-5-2/h7,9-10,12,16,18-19,21,25,27-28,30,33,35,41,44,50,53,67H,4-6,8,11,13-15,17,20,22-24,26,29,31-32,34,36-40,42-43,45-49,51-52,54-66H2,1-3H3/b10-7-,12-9-,19-16-,21-18-,28-25-,30-27-,35-33-,44-41-,53-50-. The maximum Gasteiger partial charge on any atom is 0.306 e. The van der Waals surface area contributed by atoms with Gasteiger partial charge in [0.1, 0.15) is 13.2 Å². The van der Waals surface area contributed by atoms with Crippen LogP contribution in [-0.4, -0.2) is 37.2 Å². The van der Waals surface area contributed by atoms with E-state index in [4.69, 9.17) is 14.2 Å². The Morgan fingerprint density at radius 2 is 0.526 bits per heavy atom. The third-order valence-corrected chi connectivity index (χ3v) is 13.5. The Bertz CT molecular complexity index is 1540. The van der Waals surface area contributed by atoms with E-state index in [9.17, 15) is 14.4 Å². The highest BCUT2D eigenvalue weighted by Crippen LogP contribution is 2.17. The first-order valence-corrected chi connectivity index (χ1v) is 31.9. The van der Waals surface area contributed by atoms with Crippen molar-refractivity contribution in [3.63, 3.8) is 0 Å². The summed E-state index contributed by atoms with van der Waals surface area (Å²) < 4.78 is 16.9. The first-order chi connectivity index (χ1) is 37.5. The molecule has 0 saturated carbocycles. The maximum absolute atomic E-state index is 12.9. The average Bonchev–Trinajstić information content (AvgIpc) is 3.42. The minimum Gasteiger partial charge on any atom is -0.462 e. The number of hydrogen-bond donors (Lipinski definition) is 0. The topological polar surface area (TPSA) is 78.9 Å². The van der Waals surface area contributed by atoms with Crippen molar-refractivity contribution in [3.8, 4) is 0 Å². The molecule has 0 aliphatic rings. The molecule has 0 saturated heterocycles. The summed E-state index contributed by atoms with van der Waals surface area (Å²) >= 11 is 0. The molecule has 0 bridgehead atoms. The highest BCUT2D eigenvalue weighted by molar-refractivity contribution is 5.71. The summed E-state index contributed by atoms with van der Waals surface area (Å²) in [6.07, 6.45) is 86.7. The monoisotopic (exact) mass is 1050 g/mol. The summed E-state index contributed by atoms with van der Waals surface area (Å²) in [6, 6.07) is 0. The molecule has 1 unspecified atom stereocenters. The molecule has 0 spiro atoms. The fourth-order valence-corrected chi connectivity index (χ4v) is 8.82. The Morgan fingerprint density at radius 3 is 0.855 bits per heavy atom. The minimum absolute atomic E-state index is 0.0992. The number of carbonyl (C=O) groups excluding carboxylic acids is 3. The molecule has 6 heteroatoms. The van der Waals surface area contributed by atoms with E-state index in [1.54, 1.807) is 0 Å². The van der Waals surface area contributed by atoms with Crippen molar-refractivity contribution in [3.05, 3.63) is 109 Å². The number of rotatable bonds is 57. The van der Waals surface area contributed by atoms with Crippen LogP contribution in [0.2, 0.25) is 0 Å². The third kappa shape index (κ3) is 60.9. The van der Waals surface area contributed by atoms with Crippen LogP contribution in [0.25, 0.3) is 0 Å². The van der Waals surface area contributed by atoms with Gasteiger partial charge in [-0.05, 0) is 96.3 Å². The first-order valence-electron chi connectivity index (χ1n) is 31.9. The number of ether oxygens (including phenoxy) is 3. The lowest BCUT2D eigenvalue weighted by atomic mass is 10.0. The van der Waals surface area contributed by atoms with Crippen molar-refractivity contribution in [2.75, 3.05) is 13.2 Å². The van der Waals surface area contributed by atoms with Crippen molar-refractivity contribution in [2.45, 2.75) is 303 Å². The van der Waals surface area contributed by atoms with Gasteiger partial charge in [0.2, 0.25) is 0 Å². The molecule has 0 aliphatic carbocycles. The SMILES string of the molecule is CC/C=C\C/C=C\C/C=C\C/C=C\C/C=C\CCCC(=O)OCC(COC(=O)CCCCCCCCCC/C=C\C/C=C\C/C=C\C/C=C\CC)OC(=O)CCCCCCCCCCCCCCCCCCCCCC. The van der Waals surface area contributed by atoms with E-state index in [0.717, 1.165) is 109 Å². The normalized spacial score (nSPS) is 12.8. The Morgan fingerprint density at radius 1 is 0.276 bits per heavy atom. The number of esters is 3. The Balaban J connectivity index is 4.45. The molecule has 0 amide bonds. The first kappa shape index (κ1) is 72.1. The van der Waals surface area contributed by atoms with E-state index in [1.807, 2.05) is 0 Å². The summed E-state index contributed by atoms with van der Waals surface area (Å²) in [7, 11) is 0. The highest BCUT2D eigenvalue weighted by atomic mass is 16.6. The Hall–Kier alpha value is -3.93. The summed E-state index contributed by atoms with van der Waals surface area (Å²) in [4.78, 5) is 38.3. The van der Waals surface area contributed by atoms with Crippen LogP contribution in [0.15, 0.2) is 109 Å². The van der Waals surface area contributed by atoms with Crippen molar-refractivity contribution < 1.29 is 28.6 Å². The van der Waals surface area contributed by atoms with Gasteiger partial charge in [0.05, 0.1) is 0 Å². The summed E-state index contributed by atoms with van der Waals surface area (Å²) in [5.74, 6) is -0.957. The van der Waals surface area contributed by atoms with Crippen LogP contribution >= 0.6 is 0 Å². The van der Waals surface area contributed by atoms with Crippen LogP contribution in [0.1, 0.15) is 297 Å². The second kappa shape index (κ2) is 63.6. The lowest BCUT2D eigenvalue weighted by Gasteiger charge is -2.18. The van der Waals surface area contributed by atoms with E-state index in [-0.39, 0.29) is 37.5 Å². The molecule has 0 N–H and O–H groups in total. The van der Waals surface area contributed by atoms with Crippen LogP contribution in [0.3, 0.4) is 0 Å². The van der Waals surface area contributed by atoms with Crippen molar-refractivity contribution >= 4 is 17.9 Å². The van der Waals surface area contributed by atoms with Crippen molar-refractivity contribution in [1.29, 1.82) is 0 Å². The van der Waals surface area contributed by atoms with E-state index >= 15 is 0 Å². The van der Waals surface area contributed by atoms with Gasteiger partial charge in [-0.15, -0.1) is 0 Å². The van der Waals surface area contributed by atoms with Gasteiger partial charge >= 0.3 is 17.9 Å². The van der Waals surface area contributed by atoms with Gasteiger partial charge in [0.15, 0.2) is 6.10 Å². The molecule has 0 fully saturated rings. The van der Waals surface area contributed by atoms with Crippen LogP contribution in [-0.2, 0) is 28.6 Å². The van der Waals surface area contributed by atoms with Gasteiger partial charge in [-0.25, -0.2) is 0 Å². The molecular formula is C70H118O6. The van der Waals surface area contributed by atoms with Crippen LogP contribution in [0, 0.1) is 0 Å². The van der Waals surface area contributed by atoms with Gasteiger partial charge in [-0.3, -0.25) is 14.4 Å². The number of unbranched alkanes of at least 4 members (excludes halogenated alkanes) is 28. The van der Waals surface area contributed by atoms with Crippen molar-refractivity contribution in [1.82, 2.24) is 0 Å². The zero-order chi connectivity index (χ0) is 55.0. The lowest BCUT2D eigenvalue weighted by Crippen LogP contribution is -2.30. The zero-order valence-electron chi connectivity index (χ0n) is 49.7. The largest absolute Gasteiger partial charge is 0.462 e. The van der Waals surface area contributed by atoms with E-state index < -0.39 is 6.10 Å². The predicted octanol–water partition coefficient (Wildman–Crippen LogP) is 21.8. The van der Waals surface area contributed by atoms with E-state index in [0.29, 0.717) is 19.3 Å². The summed E-state index contributed by atoms with van der Waals surface area (Å²) in [5, 5.41) is 0. The quantitative estimate of drug-likeness (QED) is 0.0261. The smallest absolute Gasteiger partial charge is 0.306 e. The molecule has 0 aliphatic heterocycles. The van der Waals surface area contributed by atoms with Crippen LogP contribution in [0.4, 0.5) is 0 Å². The average molecular weight is 1060 g/mol. The predicted molar refractivity (Wildman–Crippen MR) is 330 cm³/mol. The fraction of sp³-hybridized carbons (Fsp3) is 0.700. The molecule has 0 heterocycles. The zero-order valence-corrected chi connectivity index (χ0v) is 49.7.